The zero-order chi connectivity index (χ0) is 17.5. The molecule has 4 unspecified atom stereocenters. The van der Waals surface area contributed by atoms with Crippen molar-refractivity contribution in [2.24, 2.45) is 11.8 Å². The Morgan fingerprint density at radius 1 is 1.28 bits per heavy atom. The number of carboxylic acids is 1. The lowest BCUT2D eigenvalue weighted by Crippen LogP contribution is -2.19. The van der Waals surface area contributed by atoms with Gasteiger partial charge in [0.1, 0.15) is 11.4 Å². The number of anilines is 1. The SMILES string of the molecule is CCn1cc(C(=O)O)c(=O)c2cc(F)c(N3C4C5CCC(C5)C43)cc21. The van der Waals surface area contributed by atoms with Crippen LogP contribution in [0.4, 0.5) is 10.1 Å². The molecule has 1 aromatic carbocycles. The lowest BCUT2D eigenvalue weighted by Gasteiger charge is -2.17. The molecule has 4 atom stereocenters. The fourth-order valence-electron chi connectivity index (χ4n) is 5.29. The van der Waals surface area contributed by atoms with E-state index in [2.05, 4.69) is 4.90 Å². The van der Waals surface area contributed by atoms with Crippen LogP contribution in [0.5, 0.6) is 0 Å². The van der Waals surface area contributed by atoms with Gasteiger partial charge in [-0.1, -0.05) is 0 Å². The van der Waals surface area contributed by atoms with Crippen LogP contribution in [0.2, 0.25) is 0 Å². The van der Waals surface area contributed by atoms with Crippen molar-refractivity contribution in [1.82, 2.24) is 4.57 Å². The standard InChI is InChI=1S/C19H19FN2O3/c1-2-21-8-12(19(24)25)18(23)11-6-13(20)15(7-14(11)21)22-16-9-3-4-10(5-9)17(16)22/h6-10,16-17H,2-5H2,1H3,(H,24,25). The second-order valence-electron chi connectivity index (χ2n) is 7.51. The first-order chi connectivity index (χ1) is 12.0. The highest BCUT2D eigenvalue weighted by atomic mass is 19.1. The molecule has 0 radical (unpaired) electrons. The minimum Gasteiger partial charge on any atom is -0.477 e. The molecule has 6 heteroatoms. The molecule has 1 aromatic heterocycles. The highest BCUT2D eigenvalue weighted by Gasteiger charge is 2.64. The number of carboxylic acid groups (broad SMARTS) is 1. The molecule has 5 rings (SSSR count). The first-order valence-electron chi connectivity index (χ1n) is 8.89. The summed E-state index contributed by atoms with van der Waals surface area (Å²) in [5.74, 6) is -0.361. The van der Waals surface area contributed by atoms with Crippen molar-refractivity contribution in [2.45, 2.75) is 44.8 Å². The smallest absolute Gasteiger partial charge is 0.341 e. The molecule has 5 nitrogen and oxygen atoms in total. The van der Waals surface area contributed by atoms with Gasteiger partial charge in [0.05, 0.1) is 23.3 Å². The Labute approximate surface area is 143 Å². The molecular weight excluding hydrogens is 323 g/mol. The fourth-order valence-corrected chi connectivity index (χ4v) is 5.29. The minimum absolute atomic E-state index is 0.137. The van der Waals surface area contributed by atoms with E-state index < -0.39 is 17.2 Å². The quantitative estimate of drug-likeness (QED) is 0.872. The van der Waals surface area contributed by atoms with E-state index in [1.54, 1.807) is 10.6 Å². The first-order valence-corrected chi connectivity index (χ1v) is 8.89. The van der Waals surface area contributed by atoms with E-state index in [1.165, 1.54) is 31.5 Å². The number of aryl methyl sites for hydroxylation is 1. The summed E-state index contributed by atoms with van der Waals surface area (Å²) in [7, 11) is 0. The molecule has 130 valence electrons. The van der Waals surface area contributed by atoms with Crippen molar-refractivity contribution in [3.8, 4) is 0 Å². The van der Waals surface area contributed by atoms with Gasteiger partial charge in [-0.3, -0.25) is 4.79 Å². The summed E-state index contributed by atoms with van der Waals surface area (Å²) in [5, 5.41) is 9.36. The summed E-state index contributed by atoms with van der Waals surface area (Å²) in [6.45, 7) is 2.39. The number of piperidine rings is 1. The second-order valence-corrected chi connectivity index (χ2v) is 7.51. The molecular formula is C19H19FN2O3. The monoisotopic (exact) mass is 342 g/mol. The van der Waals surface area contributed by atoms with Crippen LogP contribution < -0.4 is 10.3 Å². The molecule has 3 aliphatic rings. The fraction of sp³-hybridized carbons (Fsp3) is 0.474. The van der Waals surface area contributed by atoms with Gasteiger partial charge in [0.25, 0.3) is 0 Å². The van der Waals surface area contributed by atoms with Crippen molar-refractivity contribution < 1.29 is 14.3 Å². The Morgan fingerprint density at radius 3 is 2.56 bits per heavy atom. The van der Waals surface area contributed by atoms with E-state index in [9.17, 15) is 19.1 Å². The van der Waals surface area contributed by atoms with Crippen LogP contribution in [-0.2, 0) is 6.54 Å². The maximum atomic E-state index is 14.8. The highest BCUT2D eigenvalue weighted by molar-refractivity contribution is 5.93. The van der Waals surface area contributed by atoms with Crippen molar-refractivity contribution in [2.75, 3.05) is 4.90 Å². The molecule has 2 aromatic rings. The number of aromatic carboxylic acids is 1. The van der Waals surface area contributed by atoms with E-state index in [-0.39, 0.29) is 10.9 Å². The number of hydrogen-bond donors (Lipinski definition) is 1. The maximum absolute atomic E-state index is 14.8. The number of benzene rings is 1. The van der Waals surface area contributed by atoms with Gasteiger partial charge in [0, 0.05) is 18.1 Å². The molecule has 2 saturated carbocycles. The van der Waals surface area contributed by atoms with Crippen LogP contribution in [0.3, 0.4) is 0 Å². The van der Waals surface area contributed by atoms with Crippen LogP contribution in [0, 0.1) is 17.7 Å². The summed E-state index contributed by atoms with van der Waals surface area (Å²) in [6.07, 6.45) is 5.10. The van der Waals surface area contributed by atoms with E-state index in [4.69, 9.17) is 0 Å². The van der Waals surface area contributed by atoms with Crippen molar-refractivity contribution >= 4 is 22.6 Å². The zero-order valence-electron chi connectivity index (χ0n) is 13.9. The van der Waals surface area contributed by atoms with Gasteiger partial charge >= 0.3 is 5.97 Å². The third-order valence-corrected chi connectivity index (χ3v) is 6.38. The van der Waals surface area contributed by atoms with E-state index >= 15 is 0 Å². The Hall–Kier alpha value is -2.37. The van der Waals surface area contributed by atoms with Crippen molar-refractivity contribution in [3.63, 3.8) is 0 Å². The molecule has 0 spiro atoms. The van der Waals surface area contributed by atoms with Crippen LogP contribution in [-0.4, -0.2) is 27.7 Å². The number of fused-ring (bicyclic) bond motifs is 6. The number of halogens is 1. The zero-order valence-corrected chi connectivity index (χ0v) is 13.9. The predicted molar refractivity (Wildman–Crippen MR) is 91.7 cm³/mol. The molecule has 1 N–H and O–H groups in total. The molecule has 0 amide bonds. The number of rotatable bonds is 3. The summed E-state index contributed by atoms with van der Waals surface area (Å²) < 4.78 is 16.5. The van der Waals surface area contributed by atoms with Crippen molar-refractivity contribution in [3.05, 3.63) is 39.9 Å². The predicted octanol–water partition coefficient (Wildman–Crippen LogP) is 2.85. The Kier molecular flexibility index (Phi) is 2.89. The normalized spacial score (nSPS) is 29.3. The number of pyridine rings is 1. The Morgan fingerprint density at radius 2 is 1.96 bits per heavy atom. The molecule has 2 bridgehead atoms. The van der Waals surface area contributed by atoms with Crippen LogP contribution in [0.25, 0.3) is 10.9 Å². The van der Waals surface area contributed by atoms with Gasteiger partial charge in [0.2, 0.25) is 5.43 Å². The Balaban J connectivity index is 1.68. The van der Waals surface area contributed by atoms with Gasteiger partial charge in [-0.15, -0.1) is 0 Å². The first kappa shape index (κ1) is 14.9. The van der Waals surface area contributed by atoms with Gasteiger partial charge < -0.3 is 14.6 Å². The number of nitrogens with zero attached hydrogens (tertiary/aromatic N) is 2. The lowest BCUT2D eigenvalue weighted by molar-refractivity contribution is 0.0695. The molecule has 2 heterocycles. The van der Waals surface area contributed by atoms with Gasteiger partial charge in [0.15, 0.2) is 0 Å². The van der Waals surface area contributed by atoms with E-state index in [1.807, 2.05) is 6.92 Å². The molecule has 2 aliphatic carbocycles. The largest absolute Gasteiger partial charge is 0.477 e. The summed E-state index contributed by atoms with van der Waals surface area (Å²) in [5.41, 5.74) is 0.224. The molecule has 25 heavy (non-hydrogen) atoms. The Bertz CT molecular complexity index is 967. The van der Waals surface area contributed by atoms with Crippen LogP contribution in [0.1, 0.15) is 36.5 Å². The molecule has 1 saturated heterocycles. The number of aromatic nitrogens is 1. The number of hydrogen-bond acceptors (Lipinski definition) is 3. The van der Waals surface area contributed by atoms with Gasteiger partial charge in [-0.05, 0) is 50.2 Å². The third-order valence-electron chi connectivity index (χ3n) is 6.38. The molecule has 1 aliphatic heterocycles. The summed E-state index contributed by atoms with van der Waals surface area (Å²) in [6, 6.07) is 3.86. The average molecular weight is 342 g/mol. The molecule has 3 fully saturated rings. The van der Waals surface area contributed by atoms with Gasteiger partial charge in [-0.2, -0.15) is 0 Å². The highest BCUT2D eigenvalue weighted by Crippen LogP contribution is 2.60. The van der Waals surface area contributed by atoms with Crippen LogP contribution in [0.15, 0.2) is 23.1 Å². The van der Waals surface area contributed by atoms with Crippen LogP contribution >= 0.6 is 0 Å². The number of carbonyl (C=O) groups is 1. The van der Waals surface area contributed by atoms with Gasteiger partial charge in [-0.25, -0.2) is 9.18 Å². The minimum atomic E-state index is -1.28. The van der Waals surface area contributed by atoms with Crippen molar-refractivity contribution in [1.29, 1.82) is 0 Å². The maximum Gasteiger partial charge on any atom is 0.341 e. The summed E-state index contributed by atoms with van der Waals surface area (Å²) >= 11 is 0. The van der Waals surface area contributed by atoms with E-state index in [0.29, 0.717) is 41.7 Å². The van der Waals surface area contributed by atoms with E-state index in [0.717, 1.165) is 0 Å². The third kappa shape index (κ3) is 1.88. The average Bonchev–Trinajstić information content (AvgIpc) is 3.00. The summed E-state index contributed by atoms with van der Waals surface area (Å²) in [4.78, 5) is 25.9. The second kappa shape index (κ2) is 4.84. The topological polar surface area (TPSA) is 62.3 Å². The lowest BCUT2D eigenvalue weighted by atomic mass is 10.0.